The minimum Gasteiger partial charge on any atom is -0.321 e. The van der Waals surface area contributed by atoms with Crippen molar-refractivity contribution < 1.29 is 0 Å². The summed E-state index contributed by atoms with van der Waals surface area (Å²) in [5.74, 6) is 0. The van der Waals surface area contributed by atoms with Crippen LogP contribution in [0.1, 0.15) is 36.8 Å². The van der Waals surface area contributed by atoms with Crippen LogP contribution in [0.3, 0.4) is 0 Å². The van der Waals surface area contributed by atoms with E-state index in [0.29, 0.717) is 0 Å². The van der Waals surface area contributed by atoms with E-state index in [1.54, 1.807) is 11.3 Å². The highest BCUT2D eigenvalue weighted by atomic mass is 32.1. The highest BCUT2D eigenvalue weighted by molar-refractivity contribution is 7.11. The van der Waals surface area contributed by atoms with Gasteiger partial charge in [-0.25, -0.2) is 0 Å². The number of aryl methyl sites for hydroxylation is 1. The number of nitrogens with zero attached hydrogens (tertiary/aromatic N) is 2. The molecule has 0 aliphatic carbocycles. The standard InChI is InChI=1S/C8H15N3S/c1-5-10-11-7(12-5)6(9)8(2,3)4/h6H,9H2,1-4H3. The predicted octanol–water partition coefficient (Wildman–Crippen LogP) is 1.89. The highest BCUT2D eigenvalue weighted by Gasteiger charge is 2.25. The van der Waals surface area contributed by atoms with Gasteiger partial charge in [-0.1, -0.05) is 20.8 Å². The lowest BCUT2D eigenvalue weighted by Crippen LogP contribution is -2.26. The molecular formula is C8H15N3S. The number of rotatable bonds is 1. The van der Waals surface area contributed by atoms with Crippen LogP contribution >= 0.6 is 11.3 Å². The van der Waals surface area contributed by atoms with Crippen LogP contribution in [0.5, 0.6) is 0 Å². The Morgan fingerprint density at radius 1 is 1.33 bits per heavy atom. The molecule has 0 aromatic carbocycles. The summed E-state index contributed by atoms with van der Waals surface area (Å²) in [6.45, 7) is 8.26. The van der Waals surface area contributed by atoms with Crippen LogP contribution in [0.4, 0.5) is 0 Å². The molecule has 4 heteroatoms. The van der Waals surface area contributed by atoms with Gasteiger partial charge in [0.15, 0.2) is 0 Å². The Morgan fingerprint density at radius 3 is 2.25 bits per heavy atom. The van der Waals surface area contributed by atoms with E-state index in [1.807, 2.05) is 6.92 Å². The quantitative estimate of drug-likeness (QED) is 0.727. The van der Waals surface area contributed by atoms with Gasteiger partial charge in [-0.15, -0.1) is 21.5 Å². The molecule has 1 aromatic heterocycles. The van der Waals surface area contributed by atoms with E-state index in [4.69, 9.17) is 5.73 Å². The molecule has 0 bridgehead atoms. The van der Waals surface area contributed by atoms with Crippen molar-refractivity contribution in [2.24, 2.45) is 11.1 Å². The Kier molecular flexibility index (Phi) is 2.49. The van der Waals surface area contributed by atoms with Crippen molar-refractivity contribution in [3.8, 4) is 0 Å². The monoisotopic (exact) mass is 185 g/mol. The maximum atomic E-state index is 5.99. The first-order valence-electron chi connectivity index (χ1n) is 3.97. The number of hydrogen-bond donors (Lipinski definition) is 1. The number of nitrogens with two attached hydrogens (primary N) is 1. The van der Waals surface area contributed by atoms with Gasteiger partial charge >= 0.3 is 0 Å². The first-order chi connectivity index (χ1) is 5.41. The summed E-state index contributed by atoms with van der Waals surface area (Å²) in [5.41, 5.74) is 6.05. The average molecular weight is 185 g/mol. The predicted molar refractivity (Wildman–Crippen MR) is 51.0 cm³/mol. The van der Waals surface area contributed by atoms with E-state index >= 15 is 0 Å². The van der Waals surface area contributed by atoms with E-state index in [0.717, 1.165) is 10.0 Å². The fourth-order valence-corrected chi connectivity index (χ4v) is 1.75. The lowest BCUT2D eigenvalue weighted by molar-refractivity contribution is 0.325. The third-order valence-electron chi connectivity index (χ3n) is 1.74. The molecule has 1 heterocycles. The Hall–Kier alpha value is -0.480. The van der Waals surface area contributed by atoms with Crippen LogP contribution < -0.4 is 5.73 Å². The van der Waals surface area contributed by atoms with Crippen LogP contribution in [0.15, 0.2) is 0 Å². The zero-order valence-corrected chi connectivity index (χ0v) is 8.77. The maximum absolute atomic E-state index is 5.99. The molecule has 1 unspecified atom stereocenters. The van der Waals surface area contributed by atoms with Gasteiger partial charge in [0.25, 0.3) is 0 Å². The molecule has 1 aromatic rings. The molecule has 0 amide bonds. The molecule has 0 saturated heterocycles. The summed E-state index contributed by atoms with van der Waals surface area (Å²) in [5, 5.41) is 9.87. The van der Waals surface area contributed by atoms with Gasteiger partial charge in [0, 0.05) is 0 Å². The van der Waals surface area contributed by atoms with Crippen molar-refractivity contribution in [1.29, 1.82) is 0 Å². The van der Waals surface area contributed by atoms with Gasteiger partial charge < -0.3 is 5.73 Å². The maximum Gasteiger partial charge on any atom is 0.134 e. The van der Waals surface area contributed by atoms with Crippen molar-refractivity contribution in [2.45, 2.75) is 33.7 Å². The number of aromatic nitrogens is 2. The molecule has 0 saturated carbocycles. The van der Waals surface area contributed by atoms with Crippen molar-refractivity contribution in [1.82, 2.24) is 10.2 Å². The molecule has 0 aliphatic rings. The van der Waals surface area contributed by atoms with Crippen LogP contribution in [0.25, 0.3) is 0 Å². The summed E-state index contributed by atoms with van der Waals surface area (Å²) >= 11 is 1.58. The van der Waals surface area contributed by atoms with Gasteiger partial charge in [0.05, 0.1) is 6.04 Å². The molecule has 1 atom stereocenters. The smallest absolute Gasteiger partial charge is 0.134 e. The molecule has 2 N–H and O–H groups in total. The van der Waals surface area contributed by atoms with Crippen LogP contribution in [0, 0.1) is 12.3 Å². The van der Waals surface area contributed by atoms with Gasteiger partial charge in [-0.2, -0.15) is 0 Å². The topological polar surface area (TPSA) is 51.8 Å². The Morgan fingerprint density at radius 2 is 1.92 bits per heavy atom. The summed E-state index contributed by atoms with van der Waals surface area (Å²) in [6.07, 6.45) is 0. The highest BCUT2D eigenvalue weighted by Crippen LogP contribution is 2.31. The van der Waals surface area contributed by atoms with Crippen molar-refractivity contribution in [2.75, 3.05) is 0 Å². The van der Waals surface area contributed by atoms with E-state index in [9.17, 15) is 0 Å². The fraction of sp³-hybridized carbons (Fsp3) is 0.750. The lowest BCUT2D eigenvalue weighted by atomic mass is 9.88. The molecule has 68 valence electrons. The summed E-state index contributed by atoms with van der Waals surface area (Å²) in [7, 11) is 0. The molecule has 3 nitrogen and oxygen atoms in total. The second-order valence-electron chi connectivity index (χ2n) is 4.00. The van der Waals surface area contributed by atoms with Gasteiger partial charge in [-0.05, 0) is 12.3 Å². The molecule has 0 aliphatic heterocycles. The first-order valence-corrected chi connectivity index (χ1v) is 4.78. The molecule has 0 radical (unpaired) electrons. The average Bonchev–Trinajstić information content (AvgIpc) is 2.32. The van der Waals surface area contributed by atoms with Crippen molar-refractivity contribution in [3.63, 3.8) is 0 Å². The van der Waals surface area contributed by atoms with Crippen molar-refractivity contribution in [3.05, 3.63) is 10.0 Å². The van der Waals surface area contributed by atoms with Gasteiger partial charge in [-0.3, -0.25) is 0 Å². The van der Waals surface area contributed by atoms with E-state index in [1.165, 1.54) is 0 Å². The minimum absolute atomic E-state index is 0.0105. The van der Waals surface area contributed by atoms with Crippen LogP contribution in [-0.4, -0.2) is 10.2 Å². The largest absolute Gasteiger partial charge is 0.321 e. The summed E-state index contributed by atoms with van der Waals surface area (Å²) in [4.78, 5) is 0. The lowest BCUT2D eigenvalue weighted by Gasteiger charge is -2.24. The number of hydrogen-bond acceptors (Lipinski definition) is 4. The van der Waals surface area contributed by atoms with Gasteiger partial charge in [0.1, 0.15) is 10.0 Å². The second-order valence-corrected chi connectivity index (χ2v) is 5.22. The van der Waals surface area contributed by atoms with E-state index in [2.05, 4.69) is 31.0 Å². The van der Waals surface area contributed by atoms with Crippen LogP contribution in [-0.2, 0) is 0 Å². The van der Waals surface area contributed by atoms with Gasteiger partial charge in [0.2, 0.25) is 0 Å². The Bertz CT molecular complexity index is 262. The summed E-state index contributed by atoms with van der Waals surface area (Å²) < 4.78 is 0. The minimum atomic E-state index is -0.0105. The molecule has 12 heavy (non-hydrogen) atoms. The zero-order chi connectivity index (χ0) is 9.35. The third-order valence-corrected chi connectivity index (χ3v) is 2.66. The SMILES string of the molecule is Cc1nnc(C(N)C(C)(C)C)s1. The Labute approximate surface area is 77.0 Å². The van der Waals surface area contributed by atoms with Crippen molar-refractivity contribution >= 4 is 11.3 Å². The molecule has 1 rings (SSSR count). The van der Waals surface area contributed by atoms with E-state index in [-0.39, 0.29) is 11.5 Å². The first kappa shape index (κ1) is 9.61. The third kappa shape index (κ3) is 2.01. The zero-order valence-electron chi connectivity index (χ0n) is 7.96. The normalized spacial score (nSPS) is 14.8. The summed E-state index contributed by atoms with van der Waals surface area (Å²) in [6, 6.07) is -0.0105. The molecular weight excluding hydrogens is 170 g/mol. The second kappa shape index (κ2) is 3.11. The fourth-order valence-electron chi connectivity index (χ4n) is 0.808. The molecule has 0 fully saturated rings. The molecule has 0 spiro atoms. The van der Waals surface area contributed by atoms with E-state index < -0.39 is 0 Å². The Balaban J connectivity index is 2.85. The van der Waals surface area contributed by atoms with Crippen LogP contribution in [0.2, 0.25) is 0 Å².